The first-order valence-corrected chi connectivity index (χ1v) is 7.85. The lowest BCUT2D eigenvalue weighted by atomic mass is 9.95. The smallest absolute Gasteiger partial charge is 0.00133 e. The third-order valence-electron chi connectivity index (χ3n) is 5.04. The van der Waals surface area contributed by atoms with Crippen molar-refractivity contribution in [2.75, 3.05) is 0 Å². The molecule has 0 saturated heterocycles. The Labute approximate surface area is 130 Å². The molecule has 0 fully saturated rings. The second-order valence-electron chi connectivity index (χ2n) is 6.25. The zero-order valence-electron chi connectivity index (χ0n) is 12.6. The summed E-state index contributed by atoms with van der Waals surface area (Å²) >= 11 is 0. The van der Waals surface area contributed by atoms with Crippen LogP contribution in [0.5, 0.6) is 0 Å². The molecule has 0 aliphatic heterocycles. The molecule has 0 N–H and O–H groups in total. The van der Waals surface area contributed by atoms with Crippen LogP contribution < -0.4 is 0 Å². The van der Waals surface area contributed by atoms with E-state index in [0.29, 0.717) is 0 Å². The predicted octanol–water partition coefficient (Wildman–Crippen LogP) is 5.72. The summed E-state index contributed by atoms with van der Waals surface area (Å²) < 4.78 is 0. The molecule has 0 heteroatoms. The van der Waals surface area contributed by atoms with Crippen LogP contribution >= 0.6 is 0 Å². The Morgan fingerprint density at radius 2 is 1.55 bits per heavy atom. The van der Waals surface area contributed by atoms with Crippen molar-refractivity contribution in [1.82, 2.24) is 0 Å². The van der Waals surface area contributed by atoms with Gasteiger partial charge < -0.3 is 0 Å². The lowest BCUT2D eigenvalue weighted by Gasteiger charge is -2.08. The highest BCUT2D eigenvalue weighted by Gasteiger charge is 2.25. The van der Waals surface area contributed by atoms with E-state index in [1.54, 1.807) is 0 Å². The molecule has 0 unspecified atom stereocenters. The van der Waals surface area contributed by atoms with Crippen LogP contribution in [-0.2, 0) is 6.42 Å². The minimum absolute atomic E-state index is 1.05. The average Bonchev–Trinajstić information content (AvgIpc) is 3.09. The number of allylic oxidation sites excluding steroid dienone is 3. The normalized spacial score (nSPS) is 15.4. The summed E-state index contributed by atoms with van der Waals surface area (Å²) in [6.45, 7) is 2.27. The van der Waals surface area contributed by atoms with Crippen molar-refractivity contribution in [3.8, 4) is 0 Å². The van der Waals surface area contributed by atoms with Gasteiger partial charge in [-0.1, -0.05) is 66.7 Å². The van der Waals surface area contributed by atoms with Crippen molar-refractivity contribution < 1.29 is 0 Å². The Morgan fingerprint density at radius 1 is 0.773 bits per heavy atom. The second kappa shape index (κ2) is 4.20. The minimum atomic E-state index is 1.05. The van der Waals surface area contributed by atoms with Crippen LogP contribution in [0, 0.1) is 0 Å². The molecular weight excluding hydrogens is 264 g/mol. The fourth-order valence-electron chi connectivity index (χ4n) is 4.05. The minimum Gasteiger partial charge on any atom is -0.0619 e. The third kappa shape index (κ3) is 1.47. The van der Waals surface area contributed by atoms with Gasteiger partial charge in [0.2, 0.25) is 0 Å². The van der Waals surface area contributed by atoms with Gasteiger partial charge in [-0.25, -0.2) is 0 Å². The highest BCUT2D eigenvalue weighted by Crippen LogP contribution is 2.47. The number of benzene rings is 3. The molecule has 2 aliphatic carbocycles. The standard InChI is InChI=1S/C22H16/c1-14-19-10-4-8-15-9-5-11-20(22(15)19)21(14)18-12-16-6-2-3-7-17(16)13-18/h2-12H,13H2,1H3. The van der Waals surface area contributed by atoms with Crippen LogP contribution in [0.1, 0.15) is 29.2 Å². The Balaban J connectivity index is 1.76. The zero-order chi connectivity index (χ0) is 14.7. The van der Waals surface area contributed by atoms with Gasteiger partial charge in [-0.3, -0.25) is 0 Å². The van der Waals surface area contributed by atoms with Crippen LogP contribution in [0.4, 0.5) is 0 Å². The summed E-state index contributed by atoms with van der Waals surface area (Å²) in [7, 11) is 0. The molecule has 3 aromatic carbocycles. The van der Waals surface area contributed by atoms with Crippen LogP contribution in [0.15, 0.2) is 66.2 Å². The molecule has 22 heavy (non-hydrogen) atoms. The van der Waals surface area contributed by atoms with Gasteiger partial charge in [0, 0.05) is 0 Å². The van der Waals surface area contributed by atoms with E-state index in [4.69, 9.17) is 0 Å². The van der Waals surface area contributed by atoms with Gasteiger partial charge in [-0.05, 0) is 63.1 Å². The SMILES string of the molecule is CC1=C(C2=Cc3ccccc3C2)c2cccc3cccc1c23. The van der Waals surface area contributed by atoms with Crippen LogP contribution in [0.2, 0.25) is 0 Å². The van der Waals surface area contributed by atoms with E-state index in [9.17, 15) is 0 Å². The zero-order valence-corrected chi connectivity index (χ0v) is 12.6. The van der Waals surface area contributed by atoms with E-state index in [1.165, 1.54) is 49.7 Å². The first kappa shape index (κ1) is 12.0. The van der Waals surface area contributed by atoms with E-state index >= 15 is 0 Å². The number of fused-ring (bicyclic) bond motifs is 1. The molecule has 3 aromatic rings. The number of hydrogen-bond acceptors (Lipinski definition) is 0. The topological polar surface area (TPSA) is 0 Å². The largest absolute Gasteiger partial charge is 0.0619 e. The molecule has 0 saturated carbocycles. The molecule has 0 bridgehead atoms. The van der Waals surface area contributed by atoms with Crippen molar-refractivity contribution in [2.45, 2.75) is 13.3 Å². The summed E-state index contributed by atoms with van der Waals surface area (Å²) in [5, 5.41) is 2.77. The fraction of sp³-hybridized carbons (Fsp3) is 0.0909. The van der Waals surface area contributed by atoms with Crippen molar-refractivity contribution in [3.63, 3.8) is 0 Å². The van der Waals surface area contributed by atoms with E-state index in [2.05, 4.69) is 73.7 Å². The van der Waals surface area contributed by atoms with Crippen molar-refractivity contribution >= 4 is 28.0 Å². The lowest BCUT2D eigenvalue weighted by Crippen LogP contribution is -1.89. The van der Waals surface area contributed by atoms with Gasteiger partial charge in [0.15, 0.2) is 0 Å². The molecule has 0 heterocycles. The summed E-state index contributed by atoms with van der Waals surface area (Å²) in [5.74, 6) is 0. The fourth-order valence-corrected chi connectivity index (χ4v) is 4.05. The monoisotopic (exact) mass is 280 g/mol. The average molecular weight is 280 g/mol. The van der Waals surface area contributed by atoms with E-state index in [-0.39, 0.29) is 0 Å². The van der Waals surface area contributed by atoms with Crippen molar-refractivity contribution in [3.05, 3.63) is 88.5 Å². The summed E-state index contributed by atoms with van der Waals surface area (Å²) in [6, 6.07) is 22.1. The van der Waals surface area contributed by atoms with Gasteiger partial charge in [0.25, 0.3) is 0 Å². The van der Waals surface area contributed by atoms with Crippen molar-refractivity contribution in [1.29, 1.82) is 0 Å². The van der Waals surface area contributed by atoms with Gasteiger partial charge in [-0.15, -0.1) is 0 Å². The Morgan fingerprint density at radius 3 is 2.36 bits per heavy atom. The highest BCUT2D eigenvalue weighted by atomic mass is 14.3. The lowest BCUT2D eigenvalue weighted by molar-refractivity contribution is 1.25. The summed E-state index contributed by atoms with van der Waals surface area (Å²) in [4.78, 5) is 0. The Bertz CT molecular complexity index is 994. The van der Waals surface area contributed by atoms with Gasteiger partial charge in [-0.2, -0.15) is 0 Å². The Kier molecular flexibility index (Phi) is 2.29. The first-order valence-electron chi connectivity index (χ1n) is 7.85. The molecule has 0 aromatic heterocycles. The highest BCUT2D eigenvalue weighted by molar-refractivity contribution is 6.17. The maximum absolute atomic E-state index is 2.37. The van der Waals surface area contributed by atoms with E-state index in [0.717, 1.165) is 6.42 Å². The molecule has 0 atom stereocenters. The molecule has 0 amide bonds. The molecular formula is C22H16. The van der Waals surface area contributed by atoms with Crippen LogP contribution in [-0.4, -0.2) is 0 Å². The Hall–Kier alpha value is -2.60. The third-order valence-corrected chi connectivity index (χ3v) is 5.04. The maximum atomic E-state index is 2.37. The molecule has 5 rings (SSSR count). The molecule has 0 radical (unpaired) electrons. The molecule has 0 spiro atoms. The van der Waals surface area contributed by atoms with Gasteiger partial charge in [0.05, 0.1) is 0 Å². The summed E-state index contributed by atoms with van der Waals surface area (Å²) in [5.41, 5.74) is 9.96. The van der Waals surface area contributed by atoms with Crippen molar-refractivity contribution in [2.24, 2.45) is 0 Å². The number of rotatable bonds is 1. The number of hydrogen-bond donors (Lipinski definition) is 0. The molecule has 104 valence electrons. The first-order chi connectivity index (χ1) is 10.8. The van der Waals surface area contributed by atoms with Crippen LogP contribution in [0.25, 0.3) is 28.0 Å². The van der Waals surface area contributed by atoms with E-state index in [1.807, 2.05) is 0 Å². The van der Waals surface area contributed by atoms with Gasteiger partial charge in [0.1, 0.15) is 0 Å². The molecule has 0 nitrogen and oxygen atoms in total. The summed E-state index contributed by atoms with van der Waals surface area (Å²) in [6.07, 6.45) is 3.42. The quantitative estimate of drug-likeness (QED) is 0.534. The van der Waals surface area contributed by atoms with E-state index < -0.39 is 0 Å². The van der Waals surface area contributed by atoms with Crippen LogP contribution in [0.3, 0.4) is 0 Å². The second-order valence-corrected chi connectivity index (χ2v) is 6.25. The predicted molar refractivity (Wildman–Crippen MR) is 94.6 cm³/mol. The molecule has 2 aliphatic rings. The maximum Gasteiger partial charge on any atom is -0.00133 e. The van der Waals surface area contributed by atoms with Gasteiger partial charge >= 0.3 is 0 Å².